The van der Waals surface area contributed by atoms with E-state index in [0.717, 1.165) is 5.46 Å². The van der Waals surface area contributed by atoms with E-state index in [1.54, 1.807) is 18.2 Å². The molecule has 2 aromatic rings. The molecule has 0 aliphatic rings. The van der Waals surface area contributed by atoms with Crippen molar-refractivity contribution in [1.82, 2.24) is 0 Å². The molecule has 0 spiro atoms. The van der Waals surface area contributed by atoms with Crippen molar-refractivity contribution < 1.29 is 75.0 Å². The third-order valence-electron chi connectivity index (χ3n) is 2.00. The maximum Gasteiger partial charge on any atom is 0.229 e. The molecule has 0 unspecified atom stereocenters. The van der Waals surface area contributed by atoms with Gasteiger partial charge in [-0.3, -0.25) is 0 Å². The van der Waals surface area contributed by atoms with E-state index < -0.39 is 0 Å². The smallest absolute Gasteiger partial charge is 0.229 e. The number of Topliss-reactive ketones (excluding diaryl/α,β-unsaturated/α-hetero) is 2. The SMILES string of the molecule is C.C.CC.CC.CC.CC(C)=O.CC(C)=O.CS[B]c1ccccc1.S[B]c1ccccc1.[CH3-].[CH3-].[Y].[Y]. The Morgan fingerprint density at radius 2 is 0.838 bits per heavy atom. The molecule has 2 nitrogen and oxygen atoms in total. The van der Waals surface area contributed by atoms with E-state index in [1.165, 1.54) is 33.2 Å². The van der Waals surface area contributed by atoms with E-state index in [4.69, 9.17) is 0 Å². The van der Waals surface area contributed by atoms with Crippen LogP contribution in [0, 0.1) is 14.9 Å². The minimum absolute atomic E-state index is 0. The summed E-state index contributed by atoms with van der Waals surface area (Å²) in [6.07, 6.45) is 2.06. The maximum atomic E-state index is 9.44. The normalized spacial score (nSPS) is 5.95. The average molecular weight is 702 g/mol. The zero-order valence-electron chi connectivity index (χ0n) is 24.8. The molecule has 0 heterocycles. The van der Waals surface area contributed by atoms with Crippen LogP contribution in [0.15, 0.2) is 60.7 Å². The molecule has 0 atom stereocenters. The van der Waals surface area contributed by atoms with Gasteiger partial charge in [0.15, 0.2) is 0 Å². The molecule has 4 radical (unpaired) electrons. The first-order chi connectivity index (χ1) is 14.8. The number of benzene rings is 2. The van der Waals surface area contributed by atoms with Crippen molar-refractivity contribution in [2.45, 2.75) is 84.1 Å². The Morgan fingerprint density at radius 3 is 1.00 bits per heavy atom. The van der Waals surface area contributed by atoms with Crippen LogP contribution in [-0.2, 0) is 75.0 Å². The van der Waals surface area contributed by atoms with Gasteiger partial charge in [0.25, 0.3) is 0 Å². The van der Waals surface area contributed by atoms with Crippen LogP contribution >= 0.6 is 24.1 Å². The topological polar surface area (TPSA) is 34.1 Å². The zero-order valence-corrected chi connectivity index (χ0v) is 32.1. The van der Waals surface area contributed by atoms with Gasteiger partial charge in [-0.2, -0.15) is 0 Å². The van der Waals surface area contributed by atoms with E-state index in [0.29, 0.717) is 0 Å². The van der Waals surface area contributed by atoms with E-state index >= 15 is 0 Å². The summed E-state index contributed by atoms with van der Waals surface area (Å²) >= 11 is 5.71. The minimum atomic E-state index is 0. The van der Waals surface area contributed by atoms with Crippen LogP contribution in [0.4, 0.5) is 0 Å². The molecule has 0 aromatic heterocycles. The summed E-state index contributed by atoms with van der Waals surface area (Å²) in [5, 5.41) is 0. The predicted molar refractivity (Wildman–Crippen MR) is 179 cm³/mol. The van der Waals surface area contributed by atoms with Gasteiger partial charge in [-0.25, -0.2) is 24.1 Å². The standard InChI is InChI=1S/C7H8BS.C6H6BS.2C3H6O.3C2H6.2CH4.2CH3.2Y/c1-9-8-7-5-3-2-4-6-7;8-7-6-4-2-1-3-5-6;2*1-3(2)4;3*1-2;;;;;;/h2-6H,1H3;1-5,8H;2*1-2H3;3*1-2H3;2*1H4;2*1H3;;/q;;;;;;;;;2*-1;;. The average Bonchev–Trinajstić information content (AvgIpc) is 2.79. The summed E-state index contributed by atoms with van der Waals surface area (Å²) in [7, 11) is 0. The van der Waals surface area contributed by atoms with Gasteiger partial charge >= 0.3 is 0 Å². The molecular formula is C29H58B2O2S2Y2-2. The van der Waals surface area contributed by atoms with Crippen LogP contribution in [0.2, 0.25) is 0 Å². The van der Waals surface area contributed by atoms with E-state index in [1.807, 2.05) is 90.1 Å². The fourth-order valence-corrected chi connectivity index (χ4v) is 1.81. The zero-order chi connectivity index (χ0) is 25.5. The molecule has 0 N–H and O–H groups in total. The number of thiol groups is 1. The maximum absolute atomic E-state index is 9.44. The van der Waals surface area contributed by atoms with Crippen molar-refractivity contribution in [1.29, 1.82) is 0 Å². The molecule has 0 aliphatic heterocycles. The molecule has 212 valence electrons. The van der Waals surface area contributed by atoms with Crippen molar-refractivity contribution in [2.75, 3.05) is 6.26 Å². The van der Waals surface area contributed by atoms with Crippen LogP contribution in [-0.4, -0.2) is 30.9 Å². The van der Waals surface area contributed by atoms with Crippen LogP contribution in [0.1, 0.15) is 84.1 Å². The van der Waals surface area contributed by atoms with Crippen molar-refractivity contribution >= 4 is 59.7 Å². The van der Waals surface area contributed by atoms with E-state index in [-0.39, 0.29) is 107 Å². The Morgan fingerprint density at radius 1 is 0.622 bits per heavy atom. The van der Waals surface area contributed by atoms with Gasteiger partial charge in [-0.05, 0) is 34.0 Å². The van der Waals surface area contributed by atoms with Crippen LogP contribution in [0.25, 0.3) is 0 Å². The molecule has 2 aromatic carbocycles. The largest absolute Gasteiger partial charge is 0.358 e. The van der Waals surface area contributed by atoms with Crippen LogP contribution in [0.3, 0.4) is 0 Å². The molecular weight excluding hydrogens is 644 g/mol. The Kier molecular flexibility index (Phi) is 137. The van der Waals surface area contributed by atoms with Crippen molar-refractivity contribution in [3.63, 3.8) is 0 Å². The van der Waals surface area contributed by atoms with Crippen molar-refractivity contribution in [2.24, 2.45) is 0 Å². The fraction of sp³-hybridized carbons (Fsp3) is 0.448. The van der Waals surface area contributed by atoms with E-state index in [2.05, 4.69) is 37.4 Å². The van der Waals surface area contributed by atoms with Gasteiger partial charge in [0, 0.05) is 65.4 Å². The summed E-state index contributed by atoms with van der Waals surface area (Å²) in [5.74, 6) is 0.333. The van der Waals surface area contributed by atoms with E-state index in [9.17, 15) is 9.59 Å². The second-order valence-electron chi connectivity index (χ2n) is 5.12. The molecule has 0 amide bonds. The molecule has 2 rings (SSSR count). The molecule has 37 heavy (non-hydrogen) atoms. The Bertz CT molecular complexity index is 559. The third-order valence-corrected chi connectivity index (χ3v) is 2.81. The molecule has 0 saturated carbocycles. The van der Waals surface area contributed by atoms with Gasteiger partial charge in [-0.15, -0.1) is 0 Å². The molecule has 0 bridgehead atoms. The Labute approximate surface area is 297 Å². The second kappa shape index (κ2) is 70.9. The van der Waals surface area contributed by atoms with Gasteiger partial charge < -0.3 is 24.4 Å². The second-order valence-corrected chi connectivity index (χ2v) is 6.09. The first-order valence-corrected chi connectivity index (χ1v) is 12.5. The number of carbonyl (C=O) groups excluding carboxylic acids is 2. The van der Waals surface area contributed by atoms with Gasteiger partial charge in [-0.1, -0.05) is 128 Å². The number of hydrogen-bond donors (Lipinski definition) is 1. The number of carbonyl (C=O) groups is 2. The quantitative estimate of drug-likeness (QED) is 0.198. The Balaban J connectivity index is -0.0000000250. The van der Waals surface area contributed by atoms with Gasteiger partial charge in [0.2, 0.25) is 13.1 Å². The van der Waals surface area contributed by atoms with Crippen molar-refractivity contribution in [3.8, 4) is 0 Å². The fourth-order valence-electron chi connectivity index (χ4n) is 1.21. The monoisotopic (exact) mass is 702 g/mol. The predicted octanol–water partition coefficient (Wildman–Crippen LogP) is 8.59. The number of ketones is 2. The molecule has 0 fully saturated rings. The summed E-state index contributed by atoms with van der Waals surface area (Å²) in [6, 6.07) is 20.3. The summed E-state index contributed by atoms with van der Waals surface area (Å²) in [6.45, 7) is 22.0. The first kappa shape index (κ1) is 71.3. The summed E-state index contributed by atoms with van der Waals surface area (Å²) in [5.41, 5.74) is 2.43. The van der Waals surface area contributed by atoms with Gasteiger partial charge in [0.1, 0.15) is 11.6 Å². The third kappa shape index (κ3) is 93.8. The molecule has 0 saturated heterocycles. The van der Waals surface area contributed by atoms with Crippen LogP contribution in [0.5, 0.6) is 0 Å². The number of hydrogen-bond acceptors (Lipinski definition) is 4. The van der Waals surface area contributed by atoms with Gasteiger partial charge in [0.05, 0.1) is 0 Å². The number of rotatable bonds is 3. The molecule has 8 heteroatoms. The summed E-state index contributed by atoms with van der Waals surface area (Å²) in [4.78, 5) is 18.9. The van der Waals surface area contributed by atoms with Crippen LogP contribution < -0.4 is 10.9 Å². The first-order valence-electron chi connectivity index (χ1n) is 10.7. The summed E-state index contributed by atoms with van der Waals surface area (Å²) < 4.78 is 0. The minimum Gasteiger partial charge on any atom is -0.358 e. The Hall–Kier alpha value is 0.818. The van der Waals surface area contributed by atoms with Crippen molar-refractivity contribution in [3.05, 3.63) is 75.5 Å². The molecule has 0 aliphatic carbocycles.